The lowest BCUT2D eigenvalue weighted by molar-refractivity contribution is -0.132. The SMILES string of the molecule is C[C@@H]1CN(C(=O)CCc2nc(C3CCCC3)no2)CCN1.Cl. The van der Waals surface area contributed by atoms with Crippen LogP contribution < -0.4 is 5.32 Å². The van der Waals surface area contributed by atoms with Gasteiger partial charge in [-0.1, -0.05) is 18.0 Å². The van der Waals surface area contributed by atoms with Gasteiger partial charge in [0.05, 0.1) is 0 Å². The lowest BCUT2D eigenvalue weighted by atomic mass is 10.1. The molecule has 1 aromatic heterocycles. The summed E-state index contributed by atoms with van der Waals surface area (Å²) in [6, 6.07) is 0.375. The predicted molar refractivity (Wildman–Crippen MR) is 85.1 cm³/mol. The van der Waals surface area contributed by atoms with Gasteiger partial charge >= 0.3 is 0 Å². The Morgan fingerprint density at radius 1 is 1.41 bits per heavy atom. The zero-order valence-corrected chi connectivity index (χ0v) is 13.9. The standard InChI is InChI=1S/C15H24N4O2.ClH/c1-11-10-19(9-8-16-11)14(20)7-6-13-17-15(18-21-13)12-4-2-3-5-12;/h11-12,16H,2-10H2,1H3;1H/t11-;/m1./s1. The van der Waals surface area contributed by atoms with Crippen LogP contribution in [-0.4, -0.2) is 46.6 Å². The molecule has 0 radical (unpaired) electrons. The van der Waals surface area contributed by atoms with Crippen LogP contribution in [0.15, 0.2) is 4.52 Å². The minimum atomic E-state index is 0. The van der Waals surface area contributed by atoms with Crippen LogP contribution >= 0.6 is 12.4 Å². The summed E-state index contributed by atoms with van der Waals surface area (Å²) >= 11 is 0. The highest BCUT2D eigenvalue weighted by Crippen LogP contribution is 2.32. The van der Waals surface area contributed by atoms with Gasteiger partial charge in [0.15, 0.2) is 5.82 Å². The van der Waals surface area contributed by atoms with Crippen LogP contribution in [0.4, 0.5) is 0 Å². The third-order valence-corrected chi connectivity index (χ3v) is 4.48. The van der Waals surface area contributed by atoms with Crippen molar-refractivity contribution in [3.8, 4) is 0 Å². The summed E-state index contributed by atoms with van der Waals surface area (Å²) in [4.78, 5) is 18.6. The summed E-state index contributed by atoms with van der Waals surface area (Å²) in [7, 11) is 0. The maximum Gasteiger partial charge on any atom is 0.227 e. The van der Waals surface area contributed by atoms with E-state index >= 15 is 0 Å². The molecule has 2 fully saturated rings. The number of aryl methyl sites for hydroxylation is 1. The number of halogens is 1. The highest BCUT2D eigenvalue weighted by Gasteiger charge is 2.23. The Morgan fingerprint density at radius 2 is 2.18 bits per heavy atom. The molecule has 3 rings (SSSR count). The topological polar surface area (TPSA) is 71.3 Å². The second-order valence-corrected chi connectivity index (χ2v) is 6.22. The number of amides is 1. The fourth-order valence-electron chi connectivity index (χ4n) is 3.25. The number of piperazine rings is 1. The minimum absolute atomic E-state index is 0. The molecule has 1 aliphatic carbocycles. The molecule has 0 spiro atoms. The van der Waals surface area contributed by atoms with Crippen molar-refractivity contribution in [1.29, 1.82) is 0 Å². The molecule has 6 nitrogen and oxygen atoms in total. The van der Waals surface area contributed by atoms with E-state index in [2.05, 4.69) is 22.4 Å². The number of hydrogen-bond acceptors (Lipinski definition) is 5. The van der Waals surface area contributed by atoms with Gasteiger partial charge < -0.3 is 14.7 Å². The Labute approximate surface area is 137 Å². The quantitative estimate of drug-likeness (QED) is 0.914. The fourth-order valence-corrected chi connectivity index (χ4v) is 3.25. The van der Waals surface area contributed by atoms with Gasteiger partial charge in [-0.15, -0.1) is 12.4 Å². The van der Waals surface area contributed by atoms with Crippen LogP contribution in [0, 0.1) is 0 Å². The maximum atomic E-state index is 12.2. The zero-order chi connectivity index (χ0) is 14.7. The van der Waals surface area contributed by atoms with Gasteiger partial charge in [-0.05, 0) is 19.8 Å². The summed E-state index contributed by atoms with van der Waals surface area (Å²) in [5.74, 6) is 2.09. The summed E-state index contributed by atoms with van der Waals surface area (Å²) < 4.78 is 5.29. The zero-order valence-electron chi connectivity index (χ0n) is 13.1. The summed E-state index contributed by atoms with van der Waals surface area (Å²) in [6.45, 7) is 4.56. The molecule has 124 valence electrons. The summed E-state index contributed by atoms with van der Waals surface area (Å²) in [5.41, 5.74) is 0. The second-order valence-electron chi connectivity index (χ2n) is 6.22. The normalized spacial score (nSPS) is 22.6. The molecular weight excluding hydrogens is 304 g/mol. The van der Waals surface area contributed by atoms with Gasteiger partial charge in [0.25, 0.3) is 0 Å². The number of hydrogen-bond donors (Lipinski definition) is 1. The van der Waals surface area contributed by atoms with Crippen molar-refractivity contribution in [3.05, 3.63) is 11.7 Å². The molecule has 1 saturated heterocycles. The van der Waals surface area contributed by atoms with E-state index in [-0.39, 0.29) is 18.3 Å². The average Bonchev–Trinajstić information content (AvgIpc) is 3.15. The van der Waals surface area contributed by atoms with Crippen LogP contribution in [0.3, 0.4) is 0 Å². The smallest absolute Gasteiger partial charge is 0.227 e. The van der Waals surface area contributed by atoms with E-state index in [1.165, 1.54) is 12.8 Å². The molecule has 7 heteroatoms. The molecule has 0 unspecified atom stereocenters. The number of carbonyl (C=O) groups is 1. The molecule has 1 atom stereocenters. The molecule has 0 aromatic carbocycles. The Balaban J connectivity index is 0.00000176. The van der Waals surface area contributed by atoms with Crippen LogP contribution in [0.1, 0.15) is 56.7 Å². The van der Waals surface area contributed by atoms with Crippen molar-refractivity contribution >= 4 is 18.3 Å². The van der Waals surface area contributed by atoms with E-state index in [1.54, 1.807) is 0 Å². The summed E-state index contributed by atoms with van der Waals surface area (Å²) in [6.07, 6.45) is 5.85. The van der Waals surface area contributed by atoms with Gasteiger partial charge in [-0.25, -0.2) is 0 Å². The van der Waals surface area contributed by atoms with Crippen LogP contribution in [0.25, 0.3) is 0 Å². The van der Waals surface area contributed by atoms with E-state index in [0.717, 1.165) is 38.3 Å². The largest absolute Gasteiger partial charge is 0.340 e. The van der Waals surface area contributed by atoms with Gasteiger partial charge in [0, 0.05) is 44.4 Å². The van der Waals surface area contributed by atoms with E-state index in [4.69, 9.17) is 4.52 Å². The Kier molecular flexibility index (Phi) is 6.20. The molecule has 1 saturated carbocycles. The van der Waals surface area contributed by atoms with Gasteiger partial charge in [-0.2, -0.15) is 4.98 Å². The van der Waals surface area contributed by atoms with E-state index in [9.17, 15) is 4.79 Å². The van der Waals surface area contributed by atoms with Crippen molar-refractivity contribution in [1.82, 2.24) is 20.4 Å². The molecule has 1 aromatic rings. The monoisotopic (exact) mass is 328 g/mol. The fraction of sp³-hybridized carbons (Fsp3) is 0.800. The van der Waals surface area contributed by atoms with Crippen molar-refractivity contribution in [2.24, 2.45) is 0 Å². The number of nitrogens with zero attached hydrogens (tertiary/aromatic N) is 3. The second kappa shape index (κ2) is 7.92. The van der Waals surface area contributed by atoms with E-state index in [0.29, 0.717) is 30.7 Å². The average molecular weight is 329 g/mol. The van der Waals surface area contributed by atoms with Crippen LogP contribution in [-0.2, 0) is 11.2 Å². The first kappa shape index (κ1) is 17.2. The first-order chi connectivity index (χ1) is 10.2. The lowest BCUT2D eigenvalue weighted by Gasteiger charge is -2.31. The maximum absolute atomic E-state index is 12.2. The molecule has 1 N–H and O–H groups in total. The predicted octanol–water partition coefficient (Wildman–Crippen LogP) is 1.90. The lowest BCUT2D eigenvalue weighted by Crippen LogP contribution is -2.51. The van der Waals surface area contributed by atoms with Crippen LogP contribution in [0.5, 0.6) is 0 Å². The van der Waals surface area contributed by atoms with Gasteiger partial charge in [0.2, 0.25) is 11.8 Å². The van der Waals surface area contributed by atoms with Crippen molar-refractivity contribution in [2.75, 3.05) is 19.6 Å². The first-order valence-corrected chi connectivity index (χ1v) is 8.06. The van der Waals surface area contributed by atoms with Crippen molar-refractivity contribution in [3.63, 3.8) is 0 Å². The Bertz CT molecular complexity index is 488. The van der Waals surface area contributed by atoms with Crippen LogP contribution in [0.2, 0.25) is 0 Å². The number of aromatic nitrogens is 2. The van der Waals surface area contributed by atoms with Gasteiger partial charge in [-0.3, -0.25) is 4.79 Å². The molecule has 1 amide bonds. The van der Waals surface area contributed by atoms with Crippen molar-refractivity contribution < 1.29 is 9.32 Å². The third kappa shape index (κ3) is 4.20. The molecule has 0 bridgehead atoms. The molecule has 2 aliphatic rings. The number of nitrogens with one attached hydrogen (secondary N) is 1. The highest BCUT2D eigenvalue weighted by molar-refractivity contribution is 5.85. The molecule has 22 heavy (non-hydrogen) atoms. The van der Waals surface area contributed by atoms with E-state index < -0.39 is 0 Å². The van der Waals surface area contributed by atoms with E-state index in [1.807, 2.05) is 4.90 Å². The third-order valence-electron chi connectivity index (χ3n) is 4.48. The molecular formula is C15H25ClN4O2. The highest BCUT2D eigenvalue weighted by atomic mass is 35.5. The number of carbonyl (C=O) groups excluding carboxylic acids is 1. The Hall–Kier alpha value is -1.14. The summed E-state index contributed by atoms with van der Waals surface area (Å²) in [5, 5.41) is 7.42. The van der Waals surface area contributed by atoms with Crippen molar-refractivity contribution in [2.45, 2.75) is 57.4 Å². The molecule has 1 aliphatic heterocycles. The van der Waals surface area contributed by atoms with Gasteiger partial charge in [0.1, 0.15) is 0 Å². The first-order valence-electron chi connectivity index (χ1n) is 8.06. The minimum Gasteiger partial charge on any atom is -0.340 e. The number of rotatable bonds is 4. The Morgan fingerprint density at radius 3 is 2.91 bits per heavy atom. The molecule has 2 heterocycles.